The highest BCUT2D eigenvalue weighted by Gasteiger charge is 2.38. The van der Waals surface area contributed by atoms with Gasteiger partial charge in [-0.1, -0.05) is 38.5 Å². The first-order valence-corrected chi connectivity index (χ1v) is 10.9. The average molecular weight is 474 g/mol. The Morgan fingerprint density at radius 3 is 2.12 bits per heavy atom. The topological polar surface area (TPSA) is 114 Å². The normalized spacial score (nSPS) is 12.7. The minimum absolute atomic E-state index is 0.368. The lowest BCUT2D eigenvalue weighted by atomic mass is 9.93. The van der Waals surface area contributed by atoms with E-state index >= 15 is 0 Å². The lowest BCUT2D eigenvalue weighted by Crippen LogP contribution is -2.53. The monoisotopic (exact) mass is 473 g/mol. The van der Waals surface area contributed by atoms with Gasteiger partial charge in [0.1, 0.15) is 24.2 Å². The smallest absolute Gasteiger partial charge is 0.408 e. The van der Waals surface area contributed by atoms with Gasteiger partial charge in [0.15, 0.2) is 0 Å². The van der Waals surface area contributed by atoms with Gasteiger partial charge in [0, 0.05) is 6.04 Å². The van der Waals surface area contributed by atoms with E-state index in [2.05, 4.69) is 21.4 Å². The van der Waals surface area contributed by atoms with Crippen LogP contribution < -0.4 is 10.6 Å². The predicted molar refractivity (Wildman–Crippen MR) is 127 cm³/mol. The third-order valence-corrected chi connectivity index (χ3v) is 4.94. The van der Waals surface area contributed by atoms with E-state index in [1.54, 1.807) is 60.6 Å². The Bertz CT molecular complexity index is 938. The molecule has 2 atom stereocenters. The largest absolute Gasteiger partial charge is 0.468 e. The molecule has 0 heterocycles. The standard InChI is InChI=1S/C25H35N3O6/c1-10-28(23(31)20(15(2)3)27-24(32)34-25(6,7)8)21(22(30)26-14-18(29)33-9)19-16(4)12-11-13-17(19)5/h1,11-13,15,20-21H,14H2,2-9H3,(H,26,30)(H,27,32). The zero-order valence-corrected chi connectivity index (χ0v) is 21.1. The zero-order chi connectivity index (χ0) is 26.2. The molecule has 0 aliphatic heterocycles. The van der Waals surface area contributed by atoms with Crippen LogP contribution >= 0.6 is 0 Å². The molecule has 0 aliphatic rings. The number of terminal acetylenes is 1. The van der Waals surface area contributed by atoms with Crippen molar-refractivity contribution in [3.63, 3.8) is 0 Å². The van der Waals surface area contributed by atoms with Crippen molar-refractivity contribution in [2.45, 2.75) is 66.2 Å². The molecular weight excluding hydrogens is 438 g/mol. The number of nitrogens with one attached hydrogen (secondary N) is 2. The summed E-state index contributed by atoms with van der Waals surface area (Å²) in [6.45, 7) is 11.8. The third-order valence-electron chi connectivity index (χ3n) is 4.94. The molecule has 9 heteroatoms. The van der Waals surface area contributed by atoms with Crippen LogP contribution in [-0.2, 0) is 23.9 Å². The first-order valence-electron chi connectivity index (χ1n) is 10.9. The Morgan fingerprint density at radius 1 is 1.12 bits per heavy atom. The summed E-state index contributed by atoms with van der Waals surface area (Å²) in [4.78, 5) is 51.8. The summed E-state index contributed by atoms with van der Waals surface area (Å²) in [5, 5.41) is 5.05. The lowest BCUT2D eigenvalue weighted by Gasteiger charge is -2.33. The fraction of sp³-hybridized carbons (Fsp3) is 0.520. The second-order valence-corrected chi connectivity index (χ2v) is 9.21. The quantitative estimate of drug-likeness (QED) is 0.341. The van der Waals surface area contributed by atoms with E-state index in [4.69, 9.17) is 11.2 Å². The fourth-order valence-corrected chi connectivity index (χ4v) is 3.33. The van der Waals surface area contributed by atoms with Crippen LogP contribution in [0.4, 0.5) is 4.79 Å². The number of benzene rings is 1. The van der Waals surface area contributed by atoms with Gasteiger partial charge < -0.3 is 20.1 Å². The van der Waals surface area contributed by atoms with Crippen LogP contribution in [-0.4, -0.2) is 54.1 Å². The van der Waals surface area contributed by atoms with Crippen molar-refractivity contribution >= 4 is 23.9 Å². The minimum atomic E-state index is -1.25. The molecule has 0 fully saturated rings. The summed E-state index contributed by atoms with van der Waals surface area (Å²) < 4.78 is 9.87. The van der Waals surface area contributed by atoms with E-state index in [0.717, 1.165) is 16.0 Å². The molecule has 2 unspecified atom stereocenters. The van der Waals surface area contributed by atoms with Crippen molar-refractivity contribution in [2.75, 3.05) is 13.7 Å². The molecule has 186 valence electrons. The Labute approximate surface area is 201 Å². The lowest BCUT2D eigenvalue weighted by molar-refractivity contribution is -0.143. The van der Waals surface area contributed by atoms with Gasteiger partial charge in [0.2, 0.25) is 5.91 Å². The maximum atomic E-state index is 13.6. The summed E-state index contributed by atoms with van der Waals surface area (Å²) in [6.07, 6.45) is 4.96. The molecule has 0 bridgehead atoms. The number of amides is 3. The predicted octanol–water partition coefficient (Wildman–Crippen LogP) is 2.60. The van der Waals surface area contributed by atoms with Crippen molar-refractivity contribution in [3.8, 4) is 12.5 Å². The Balaban J connectivity index is 3.44. The van der Waals surface area contributed by atoms with Crippen molar-refractivity contribution in [1.29, 1.82) is 0 Å². The maximum Gasteiger partial charge on any atom is 0.408 e. The number of methoxy groups -OCH3 is 1. The molecule has 1 aromatic rings. The number of esters is 1. The molecule has 0 aliphatic carbocycles. The van der Waals surface area contributed by atoms with E-state index in [1.165, 1.54) is 7.11 Å². The number of aryl methyl sites for hydroxylation is 2. The molecule has 1 rings (SSSR count). The number of hydrogen-bond donors (Lipinski definition) is 2. The van der Waals surface area contributed by atoms with Crippen LogP contribution in [0.5, 0.6) is 0 Å². The highest BCUT2D eigenvalue weighted by molar-refractivity contribution is 5.94. The molecule has 34 heavy (non-hydrogen) atoms. The molecule has 0 saturated heterocycles. The molecule has 3 amide bonds. The van der Waals surface area contributed by atoms with Crippen LogP contribution in [0, 0.1) is 32.2 Å². The highest BCUT2D eigenvalue weighted by atomic mass is 16.6. The molecule has 0 spiro atoms. The van der Waals surface area contributed by atoms with Gasteiger partial charge in [-0.3, -0.25) is 19.3 Å². The molecule has 0 aromatic heterocycles. The zero-order valence-electron chi connectivity index (χ0n) is 21.1. The van der Waals surface area contributed by atoms with Gasteiger partial charge >= 0.3 is 12.1 Å². The second kappa shape index (κ2) is 12.1. The number of carbonyl (C=O) groups excluding carboxylic acids is 4. The van der Waals surface area contributed by atoms with Crippen LogP contribution in [0.25, 0.3) is 0 Å². The maximum absolute atomic E-state index is 13.6. The van der Waals surface area contributed by atoms with Crippen molar-refractivity contribution in [1.82, 2.24) is 15.5 Å². The second-order valence-electron chi connectivity index (χ2n) is 9.21. The van der Waals surface area contributed by atoms with Gasteiger partial charge in [0.25, 0.3) is 5.91 Å². The van der Waals surface area contributed by atoms with Gasteiger partial charge in [-0.15, -0.1) is 0 Å². The molecular formula is C25H35N3O6. The summed E-state index contributed by atoms with van der Waals surface area (Å²) >= 11 is 0. The minimum Gasteiger partial charge on any atom is -0.468 e. The van der Waals surface area contributed by atoms with Gasteiger partial charge in [-0.2, -0.15) is 0 Å². The number of rotatable bonds is 8. The number of hydrogen-bond acceptors (Lipinski definition) is 6. The third kappa shape index (κ3) is 7.80. The average Bonchev–Trinajstić information content (AvgIpc) is 2.73. The molecule has 0 radical (unpaired) electrons. The molecule has 2 N–H and O–H groups in total. The van der Waals surface area contributed by atoms with E-state index in [0.29, 0.717) is 5.56 Å². The SMILES string of the molecule is C#CN(C(=O)C(NC(=O)OC(C)(C)C)C(C)C)C(C(=O)NCC(=O)OC)c1c(C)cccc1C. The fourth-order valence-electron chi connectivity index (χ4n) is 3.33. The Morgan fingerprint density at radius 2 is 1.68 bits per heavy atom. The van der Waals surface area contributed by atoms with Gasteiger partial charge in [-0.05, 0) is 57.2 Å². The number of carbonyl (C=O) groups is 4. The molecule has 9 nitrogen and oxygen atoms in total. The van der Waals surface area contributed by atoms with Crippen molar-refractivity contribution in [3.05, 3.63) is 34.9 Å². The van der Waals surface area contributed by atoms with Crippen LogP contribution in [0.3, 0.4) is 0 Å². The highest BCUT2D eigenvalue weighted by Crippen LogP contribution is 2.28. The Kier molecular flexibility index (Phi) is 10.1. The van der Waals surface area contributed by atoms with Crippen LogP contribution in [0.1, 0.15) is 57.4 Å². The number of alkyl carbamates (subject to hydrolysis) is 1. The van der Waals surface area contributed by atoms with E-state index in [-0.39, 0.29) is 5.92 Å². The molecule has 0 saturated carbocycles. The van der Waals surface area contributed by atoms with Crippen molar-refractivity contribution < 1.29 is 28.7 Å². The summed E-state index contributed by atoms with van der Waals surface area (Å²) in [5.41, 5.74) is 1.21. The molecule has 1 aromatic carbocycles. The van der Waals surface area contributed by atoms with Gasteiger partial charge in [-0.25, -0.2) is 4.79 Å². The Hall–Kier alpha value is -3.54. The van der Waals surface area contributed by atoms with Gasteiger partial charge in [0.05, 0.1) is 7.11 Å². The van der Waals surface area contributed by atoms with Crippen molar-refractivity contribution in [2.24, 2.45) is 5.92 Å². The van der Waals surface area contributed by atoms with E-state index in [9.17, 15) is 19.2 Å². The summed E-state index contributed by atoms with van der Waals surface area (Å²) in [6, 6.07) is 5.41. The first kappa shape index (κ1) is 28.5. The number of ether oxygens (including phenoxy) is 2. The van der Waals surface area contributed by atoms with E-state index in [1.807, 2.05) is 6.07 Å². The van der Waals surface area contributed by atoms with E-state index < -0.39 is 48.1 Å². The first-order chi connectivity index (χ1) is 15.7. The summed E-state index contributed by atoms with van der Waals surface area (Å²) in [7, 11) is 1.20. The summed E-state index contributed by atoms with van der Waals surface area (Å²) in [5.74, 6) is -2.34. The van der Waals surface area contributed by atoms with Crippen LogP contribution in [0.2, 0.25) is 0 Å². The van der Waals surface area contributed by atoms with Crippen LogP contribution in [0.15, 0.2) is 18.2 Å². The number of nitrogens with zero attached hydrogens (tertiary/aromatic N) is 1.